The molecule has 0 aliphatic carbocycles. The first-order chi connectivity index (χ1) is 11.1. The van der Waals surface area contributed by atoms with E-state index in [2.05, 4.69) is 25.6 Å². The van der Waals surface area contributed by atoms with Gasteiger partial charge in [0, 0.05) is 26.0 Å². The van der Waals surface area contributed by atoms with E-state index in [1.165, 1.54) is 6.92 Å². The van der Waals surface area contributed by atoms with Gasteiger partial charge in [0.25, 0.3) is 5.89 Å². The second-order valence-corrected chi connectivity index (χ2v) is 5.03. The summed E-state index contributed by atoms with van der Waals surface area (Å²) in [6, 6.07) is 7.54. The Morgan fingerprint density at radius 1 is 1.09 bits per heavy atom. The Kier molecular flexibility index (Phi) is 4.13. The first-order valence-electron chi connectivity index (χ1n) is 7.05. The number of aryl methyl sites for hydroxylation is 1. The van der Waals surface area contributed by atoms with Gasteiger partial charge in [-0.3, -0.25) is 4.79 Å². The molecule has 1 aromatic carbocycles. The molecule has 8 heteroatoms. The fourth-order valence-corrected chi connectivity index (χ4v) is 1.99. The zero-order valence-electron chi connectivity index (χ0n) is 12.7. The quantitative estimate of drug-likeness (QED) is 0.763. The summed E-state index contributed by atoms with van der Waals surface area (Å²) in [6.07, 6.45) is 0.349. The first-order valence-corrected chi connectivity index (χ1v) is 7.05. The minimum atomic E-state index is -0.0627. The Labute approximate surface area is 131 Å². The molecule has 1 amide bonds. The standard InChI is InChI=1S/C15H15N5O3/c1-9(21)16-8-11-3-5-12(6-4-11)15-18-14(20-23-15)7-13-17-10(2)22-19-13/h3-6H,7-8H2,1-2H3,(H,16,21). The van der Waals surface area contributed by atoms with Crippen LogP contribution in [0.1, 0.15) is 30.0 Å². The van der Waals surface area contributed by atoms with Gasteiger partial charge in [0.2, 0.25) is 11.8 Å². The van der Waals surface area contributed by atoms with Gasteiger partial charge >= 0.3 is 0 Å². The summed E-state index contributed by atoms with van der Waals surface area (Å²) < 4.78 is 10.2. The van der Waals surface area contributed by atoms with E-state index in [0.29, 0.717) is 36.4 Å². The highest BCUT2D eigenvalue weighted by molar-refractivity contribution is 5.72. The van der Waals surface area contributed by atoms with Crippen LogP contribution >= 0.6 is 0 Å². The average Bonchev–Trinajstić information content (AvgIpc) is 3.15. The number of nitrogens with zero attached hydrogens (tertiary/aromatic N) is 4. The van der Waals surface area contributed by atoms with Crippen molar-refractivity contribution in [3.8, 4) is 11.5 Å². The van der Waals surface area contributed by atoms with Gasteiger partial charge in [0.15, 0.2) is 11.6 Å². The molecule has 2 heterocycles. The Bertz CT molecular complexity index is 807. The van der Waals surface area contributed by atoms with Crippen molar-refractivity contribution in [2.75, 3.05) is 0 Å². The van der Waals surface area contributed by atoms with Gasteiger partial charge in [-0.25, -0.2) is 0 Å². The fraction of sp³-hybridized carbons (Fsp3) is 0.267. The third-order valence-corrected chi connectivity index (χ3v) is 3.10. The molecule has 0 atom stereocenters. The number of nitrogens with one attached hydrogen (secondary N) is 1. The van der Waals surface area contributed by atoms with Gasteiger partial charge < -0.3 is 14.4 Å². The normalized spacial score (nSPS) is 10.7. The summed E-state index contributed by atoms with van der Waals surface area (Å²) in [5.41, 5.74) is 1.80. The molecule has 0 unspecified atom stereocenters. The van der Waals surface area contributed by atoms with Crippen LogP contribution in [0.2, 0.25) is 0 Å². The lowest BCUT2D eigenvalue weighted by Gasteiger charge is -2.02. The van der Waals surface area contributed by atoms with E-state index in [1.807, 2.05) is 24.3 Å². The van der Waals surface area contributed by atoms with E-state index in [1.54, 1.807) is 6.92 Å². The van der Waals surface area contributed by atoms with Crippen molar-refractivity contribution >= 4 is 5.91 Å². The minimum absolute atomic E-state index is 0.0627. The maximum Gasteiger partial charge on any atom is 0.257 e. The molecular formula is C15H15N5O3. The summed E-state index contributed by atoms with van der Waals surface area (Å²) in [6.45, 7) is 3.70. The summed E-state index contributed by atoms with van der Waals surface area (Å²) in [5, 5.41) is 10.5. The van der Waals surface area contributed by atoms with E-state index in [-0.39, 0.29) is 5.91 Å². The number of benzene rings is 1. The van der Waals surface area contributed by atoms with Crippen LogP contribution in [0, 0.1) is 6.92 Å². The van der Waals surface area contributed by atoms with Crippen LogP contribution in [0.15, 0.2) is 33.3 Å². The van der Waals surface area contributed by atoms with E-state index in [9.17, 15) is 4.79 Å². The van der Waals surface area contributed by atoms with Crippen LogP contribution in [0.3, 0.4) is 0 Å². The molecule has 23 heavy (non-hydrogen) atoms. The van der Waals surface area contributed by atoms with Gasteiger partial charge in [0.05, 0.1) is 6.42 Å². The average molecular weight is 313 g/mol. The summed E-state index contributed by atoms with van der Waals surface area (Å²) in [7, 11) is 0. The molecule has 0 saturated carbocycles. The van der Waals surface area contributed by atoms with Crippen LogP contribution < -0.4 is 5.32 Å². The third kappa shape index (κ3) is 3.79. The molecule has 2 aromatic heterocycles. The molecule has 0 radical (unpaired) electrons. The Hall–Kier alpha value is -3.03. The number of carbonyl (C=O) groups excluding carboxylic acids is 1. The Morgan fingerprint density at radius 2 is 1.78 bits per heavy atom. The first kappa shape index (κ1) is 14.9. The van der Waals surface area contributed by atoms with Crippen molar-refractivity contribution in [1.29, 1.82) is 0 Å². The second kappa shape index (κ2) is 6.39. The second-order valence-electron chi connectivity index (χ2n) is 5.03. The topological polar surface area (TPSA) is 107 Å². The predicted octanol–water partition coefficient (Wildman–Crippen LogP) is 1.65. The van der Waals surface area contributed by atoms with Gasteiger partial charge in [-0.1, -0.05) is 22.4 Å². The number of hydrogen-bond donors (Lipinski definition) is 1. The summed E-state index contributed by atoms with van der Waals surface area (Å²) in [5.74, 6) is 1.86. The molecule has 118 valence electrons. The molecular weight excluding hydrogens is 298 g/mol. The smallest absolute Gasteiger partial charge is 0.257 e. The molecule has 0 bridgehead atoms. The third-order valence-electron chi connectivity index (χ3n) is 3.10. The fourth-order valence-electron chi connectivity index (χ4n) is 1.99. The van der Waals surface area contributed by atoms with Crippen LogP contribution in [0.5, 0.6) is 0 Å². The van der Waals surface area contributed by atoms with Crippen LogP contribution in [0.25, 0.3) is 11.5 Å². The van der Waals surface area contributed by atoms with Gasteiger partial charge in [-0.05, 0) is 17.7 Å². The molecule has 0 spiro atoms. The van der Waals surface area contributed by atoms with Crippen molar-refractivity contribution in [2.24, 2.45) is 0 Å². The maximum atomic E-state index is 10.9. The highest BCUT2D eigenvalue weighted by atomic mass is 16.5. The van der Waals surface area contributed by atoms with Crippen molar-refractivity contribution in [2.45, 2.75) is 26.8 Å². The van der Waals surface area contributed by atoms with Gasteiger partial charge in [-0.15, -0.1) is 0 Å². The molecule has 8 nitrogen and oxygen atoms in total. The predicted molar refractivity (Wildman–Crippen MR) is 79.1 cm³/mol. The lowest BCUT2D eigenvalue weighted by atomic mass is 10.1. The lowest BCUT2D eigenvalue weighted by Crippen LogP contribution is -2.18. The van der Waals surface area contributed by atoms with E-state index >= 15 is 0 Å². The maximum absolute atomic E-state index is 10.9. The van der Waals surface area contributed by atoms with E-state index in [4.69, 9.17) is 9.05 Å². The highest BCUT2D eigenvalue weighted by Gasteiger charge is 2.12. The van der Waals surface area contributed by atoms with Crippen molar-refractivity contribution in [1.82, 2.24) is 25.6 Å². The van der Waals surface area contributed by atoms with Crippen LogP contribution in [0.4, 0.5) is 0 Å². The van der Waals surface area contributed by atoms with Crippen molar-refractivity contribution in [3.05, 3.63) is 47.4 Å². The Balaban J connectivity index is 1.68. The number of amides is 1. The van der Waals surface area contributed by atoms with E-state index in [0.717, 1.165) is 11.1 Å². The summed E-state index contributed by atoms with van der Waals surface area (Å²) in [4.78, 5) is 19.3. The molecule has 0 saturated heterocycles. The monoisotopic (exact) mass is 313 g/mol. The zero-order chi connectivity index (χ0) is 16.2. The largest absolute Gasteiger partial charge is 0.352 e. The summed E-state index contributed by atoms with van der Waals surface area (Å²) >= 11 is 0. The number of carbonyl (C=O) groups is 1. The van der Waals surface area contributed by atoms with Crippen molar-refractivity contribution in [3.63, 3.8) is 0 Å². The Morgan fingerprint density at radius 3 is 2.43 bits per heavy atom. The lowest BCUT2D eigenvalue weighted by molar-refractivity contribution is -0.119. The molecule has 1 N–H and O–H groups in total. The molecule has 3 rings (SSSR count). The minimum Gasteiger partial charge on any atom is -0.352 e. The number of rotatable bonds is 5. The van der Waals surface area contributed by atoms with Crippen molar-refractivity contribution < 1.29 is 13.8 Å². The molecule has 0 fully saturated rings. The van der Waals surface area contributed by atoms with Crippen LogP contribution in [-0.2, 0) is 17.8 Å². The molecule has 3 aromatic rings. The van der Waals surface area contributed by atoms with Crippen LogP contribution in [-0.4, -0.2) is 26.2 Å². The van der Waals surface area contributed by atoms with E-state index < -0.39 is 0 Å². The highest BCUT2D eigenvalue weighted by Crippen LogP contribution is 2.18. The van der Waals surface area contributed by atoms with Gasteiger partial charge in [-0.2, -0.15) is 9.97 Å². The SMILES string of the molecule is CC(=O)NCc1ccc(-c2nc(Cc3noc(C)n3)no2)cc1. The molecule has 0 aliphatic rings. The molecule has 0 aliphatic heterocycles. The zero-order valence-corrected chi connectivity index (χ0v) is 12.7. The number of aromatic nitrogens is 4. The van der Waals surface area contributed by atoms with Gasteiger partial charge in [0.1, 0.15) is 0 Å². The number of hydrogen-bond acceptors (Lipinski definition) is 7.